The summed E-state index contributed by atoms with van der Waals surface area (Å²) in [4.78, 5) is 20.1. The molecule has 8 heteroatoms. The Labute approximate surface area is 180 Å². The first-order chi connectivity index (χ1) is 14.4. The lowest BCUT2D eigenvalue weighted by atomic mass is 10.0. The maximum Gasteiger partial charge on any atom is 0.266 e. The molecule has 1 fully saturated rings. The average Bonchev–Trinajstić information content (AvgIpc) is 3.39. The highest BCUT2D eigenvalue weighted by atomic mass is 32.1. The number of hydrogen-bond acceptors (Lipinski definition) is 7. The molecular weight excluding hydrogens is 398 g/mol. The summed E-state index contributed by atoms with van der Waals surface area (Å²) < 4.78 is 6.10. The number of aromatic nitrogens is 3. The highest BCUT2D eigenvalue weighted by molar-refractivity contribution is 7.13. The molecule has 30 heavy (non-hydrogen) atoms. The van der Waals surface area contributed by atoms with E-state index in [4.69, 9.17) is 9.72 Å². The van der Waals surface area contributed by atoms with Gasteiger partial charge in [-0.15, -0.1) is 10.2 Å². The fourth-order valence-corrected chi connectivity index (χ4v) is 4.18. The molecular formula is C22H25N5O2S. The largest absolute Gasteiger partial charge is 0.478 e. The normalized spacial score (nSPS) is 16.5. The van der Waals surface area contributed by atoms with Crippen molar-refractivity contribution in [2.24, 2.45) is 0 Å². The van der Waals surface area contributed by atoms with Crippen molar-refractivity contribution >= 4 is 28.2 Å². The van der Waals surface area contributed by atoms with Crippen molar-refractivity contribution in [3.63, 3.8) is 0 Å². The molecule has 1 saturated heterocycles. The number of likely N-dealkylation sites (tertiary alicyclic amines) is 1. The van der Waals surface area contributed by atoms with Crippen LogP contribution in [-0.4, -0.2) is 38.1 Å². The molecule has 1 amide bonds. The van der Waals surface area contributed by atoms with Gasteiger partial charge in [-0.1, -0.05) is 29.5 Å². The van der Waals surface area contributed by atoms with Crippen LogP contribution < -0.4 is 10.1 Å². The molecule has 1 unspecified atom stereocenters. The summed E-state index contributed by atoms with van der Waals surface area (Å²) in [7, 11) is 0. The SMILES string of the molecule is Cc1cccc(OC(C)(C)C(=O)N2CCCC2c2cccc(Nc3nncs3)n2)c1. The Hall–Kier alpha value is -3.00. The smallest absolute Gasteiger partial charge is 0.266 e. The minimum Gasteiger partial charge on any atom is -0.478 e. The van der Waals surface area contributed by atoms with Crippen LogP contribution in [-0.2, 0) is 4.79 Å². The number of anilines is 2. The van der Waals surface area contributed by atoms with Gasteiger partial charge in [0.25, 0.3) is 5.91 Å². The van der Waals surface area contributed by atoms with Gasteiger partial charge in [-0.2, -0.15) is 0 Å². The number of pyridine rings is 1. The number of carbonyl (C=O) groups is 1. The average molecular weight is 424 g/mol. The predicted octanol–water partition coefficient (Wildman–Crippen LogP) is 4.51. The van der Waals surface area contributed by atoms with Crippen LogP contribution in [0.1, 0.15) is 44.0 Å². The highest BCUT2D eigenvalue weighted by Crippen LogP contribution is 2.34. The number of benzene rings is 1. The van der Waals surface area contributed by atoms with Crippen molar-refractivity contribution < 1.29 is 9.53 Å². The quantitative estimate of drug-likeness (QED) is 0.628. The van der Waals surface area contributed by atoms with Crippen LogP contribution in [0, 0.1) is 6.92 Å². The summed E-state index contributed by atoms with van der Waals surface area (Å²) in [6.45, 7) is 6.36. The molecule has 7 nitrogen and oxygen atoms in total. The standard InChI is InChI=1S/C22H25N5O2S/c1-15-7-4-8-16(13-15)29-22(2,3)20(28)27-12-6-10-18(27)17-9-5-11-19(24-17)25-21-26-23-14-30-21/h4-5,7-9,11,13-14,18H,6,10,12H2,1-3H3,(H,24,25,26). The van der Waals surface area contributed by atoms with E-state index in [0.717, 1.165) is 24.1 Å². The van der Waals surface area contributed by atoms with Crippen LogP contribution in [0.15, 0.2) is 48.0 Å². The number of hydrogen-bond donors (Lipinski definition) is 1. The first-order valence-corrected chi connectivity index (χ1v) is 10.9. The van der Waals surface area contributed by atoms with Crippen molar-refractivity contribution in [3.8, 4) is 5.75 Å². The fraction of sp³-hybridized carbons (Fsp3) is 0.364. The zero-order chi connectivity index (χ0) is 21.1. The summed E-state index contributed by atoms with van der Waals surface area (Å²) in [6, 6.07) is 13.5. The molecule has 1 aliphatic rings. The molecule has 1 atom stereocenters. The van der Waals surface area contributed by atoms with E-state index in [0.29, 0.717) is 23.2 Å². The van der Waals surface area contributed by atoms with E-state index in [-0.39, 0.29) is 11.9 Å². The van der Waals surface area contributed by atoms with Gasteiger partial charge in [-0.3, -0.25) is 4.79 Å². The van der Waals surface area contributed by atoms with Crippen LogP contribution in [0.25, 0.3) is 0 Å². The van der Waals surface area contributed by atoms with Crippen LogP contribution in [0.5, 0.6) is 5.75 Å². The van der Waals surface area contributed by atoms with Gasteiger partial charge in [-0.25, -0.2) is 4.98 Å². The zero-order valence-electron chi connectivity index (χ0n) is 17.3. The maximum absolute atomic E-state index is 13.4. The molecule has 2 aromatic heterocycles. The molecule has 1 aliphatic heterocycles. The van der Waals surface area contributed by atoms with Gasteiger partial charge in [0.2, 0.25) is 5.13 Å². The molecule has 3 heterocycles. The van der Waals surface area contributed by atoms with Crippen molar-refractivity contribution in [1.82, 2.24) is 20.1 Å². The van der Waals surface area contributed by atoms with E-state index in [1.165, 1.54) is 11.3 Å². The van der Waals surface area contributed by atoms with Gasteiger partial charge in [0.15, 0.2) is 5.60 Å². The van der Waals surface area contributed by atoms with Crippen molar-refractivity contribution in [1.29, 1.82) is 0 Å². The number of ether oxygens (including phenoxy) is 1. The summed E-state index contributed by atoms with van der Waals surface area (Å²) in [5.74, 6) is 1.36. The Morgan fingerprint density at radius 1 is 1.27 bits per heavy atom. The first-order valence-electron chi connectivity index (χ1n) is 9.99. The third-order valence-corrected chi connectivity index (χ3v) is 5.70. The molecule has 0 saturated carbocycles. The number of nitrogens with zero attached hydrogens (tertiary/aromatic N) is 4. The van der Waals surface area contributed by atoms with Gasteiger partial charge in [0.1, 0.15) is 17.1 Å². The van der Waals surface area contributed by atoms with Crippen molar-refractivity contribution in [2.75, 3.05) is 11.9 Å². The van der Waals surface area contributed by atoms with Crippen LogP contribution in [0.4, 0.5) is 10.9 Å². The van der Waals surface area contributed by atoms with Gasteiger partial charge >= 0.3 is 0 Å². The molecule has 0 radical (unpaired) electrons. The second-order valence-corrected chi connectivity index (χ2v) is 8.74. The number of rotatable bonds is 6. The van der Waals surface area contributed by atoms with Crippen molar-refractivity contribution in [3.05, 3.63) is 59.2 Å². The van der Waals surface area contributed by atoms with Gasteiger partial charge < -0.3 is 15.0 Å². The lowest BCUT2D eigenvalue weighted by Gasteiger charge is -2.33. The number of amides is 1. The minimum absolute atomic E-state index is 0.0317. The van der Waals surface area contributed by atoms with E-state index in [2.05, 4.69) is 15.5 Å². The molecule has 3 aromatic rings. The van der Waals surface area contributed by atoms with Gasteiger partial charge in [0, 0.05) is 6.54 Å². The van der Waals surface area contributed by atoms with Crippen LogP contribution >= 0.6 is 11.3 Å². The van der Waals surface area contributed by atoms with Gasteiger partial charge in [-0.05, 0) is 63.4 Å². The highest BCUT2D eigenvalue weighted by Gasteiger charge is 2.40. The lowest BCUT2D eigenvalue weighted by molar-refractivity contribution is -0.146. The molecule has 1 N–H and O–H groups in total. The Kier molecular flexibility index (Phi) is 5.67. The molecule has 0 aliphatic carbocycles. The molecule has 0 bridgehead atoms. The monoisotopic (exact) mass is 423 g/mol. The third kappa shape index (κ3) is 4.43. The van der Waals surface area contributed by atoms with E-state index < -0.39 is 5.60 Å². The summed E-state index contributed by atoms with van der Waals surface area (Å²) in [5, 5.41) is 11.7. The summed E-state index contributed by atoms with van der Waals surface area (Å²) >= 11 is 1.41. The predicted molar refractivity (Wildman–Crippen MR) is 117 cm³/mol. The van der Waals surface area contributed by atoms with E-state index in [1.807, 2.05) is 68.1 Å². The second kappa shape index (κ2) is 8.39. The molecule has 4 rings (SSSR count). The van der Waals surface area contributed by atoms with Crippen LogP contribution in [0.3, 0.4) is 0 Å². The number of nitrogens with one attached hydrogen (secondary N) is 1. The van der Waals surface area contributed by atoms with E-state index in [1.54, 1.807) is 5.51 Å². The number of carbonyl (C=O) groups excluding carboxylic acids is 1. The first kappa shape index (κ1) is 20.3. The summed E-state index contributed by atoms with van der Waals surface area (Å²) in [6.07, 6.45) is 1.81. The van der Waals surface area contributed by atoms with Crippen LogP contribution in [0.2, 0.25) is 0 Å². The van der Waals surface area contributed by atoms with Gasteiger partial charge in [0.05, 0.1) is 11.7 Å². The summed E-state index contributed by atoms with van der Waals surface area (Å²) in [5.41, 5.74) is 2.65. The molecule has 156 valence electrons. The Morgan fingerprint density at radius 2 is 2.10 bits per heavy atom. The molecule has 0 spiro atoms. The van der Waals surface area contributed by atoms with E-state index >= 15 is 0 Å². The minimum atomic E-state index is -0.973. The molecule has 1 aromatic carbocycles. The number of aryl methyl sites for hydroxylation is 1. The van der Waals surface area contributed by atoms with Crippen molar-refractivity contribution in [2.45, 2.75) is 45.3 Å². The zero-order valence-corrected chi connectivity index (χ0v) is 18.1. The second-order valence-electron chi connectivity index (χ2n) is 7.90. The maximum atomic E-state index is 13.4. The van der Waals surface area contributed by atoms with E-state index in [9.17, 15) is 4.79 Å². The topological polar surface area (TPSA) is 80.2 Å². The Balaban J connectivity index is 1.52. The Bertz CT molecular complexity index is 1020. The third-order valence-electron chi connectivity index (χ3n) is 5.10. The Morgan fingerprint density at radius 3 is 2.87 bits per heavy atom. The fourth-order valence-electron chi connectivity index (χ4n) is 3.72. The lowest BCUT2D eigenvalue weighted by Crippen LogP contribution is -2.48.